The van der Waals surface area contributed by atoms with Gasteiger partial charge in [0.1, 0.15) is 0 Å². The molecule has 31 heavy (non-hydrogen) atoms. The maximum atomic E-state index is 5.01. The Morgan fingerprint density at radius 2 is 1.90 bits per heavy atom. The number of thiazole rings is 1. The molecule has 5 rings (SSSR count). The highest BCUT2D eigenvalue weighted by atomic mass is 32.1. The summed E-state index contributed by atoms with van der Waals surface area (Å²) >= 11 is 1.78. The lowest BCUT2D eigenvalue weighted by atomic mass is 9.90. The van der Waals surface area contributed by atoms with Gasteiger partial charge in [0, 0.05) is 31.0 Å². The SMILES string of the molecule is CCN(C)/C=N/c1cc(C)c(Cc2nc(-c3ccc4c(c3)C3CCC4C3)cs2)cc1C. The molecular weight excluding hydrogens is 398 g/mol. The fourth-order valence-corrected chi connectivity index (χ4v) is 5.95. The first kappa shape index (κ1) is 20.4. The van der Waals surface area contributed by atoms with Crippen molar-refractivity contribution < 1.29 is 0 Å². The van der Waals surface area contributed by atoms with Crippen LogP contribution in [0.2, 0.25) is 0 Å². The minimum atomic E-state index is 0.793. The van der Waals surface area contributed by atoms with Gasteiger partial charge < -0.3 is 4.90 Å². The van der Waals surface area contributed by atoms with Crippen LogP contribution in [-0.4, -0.2) is 29.8 Å². The number of aryl methyl sites for hydroxylation is 2. The van der Waals surface area contributed by atoms with Gasteiger partial charge in [-0.25, -0.2) is 9.98 Å². The molecule has 1 heterocycles. The zero-order valence-electron chi connectivity index (χ0n) is 19.0. The van der Waals surface area contributed by atoms with E-state index in [1.54, 1.807) is 22.5 Å². The molecule has 2 atom stereocenters. The molecule has 2 aromatic carbocycles. The third kappa shape index (κ3) is 3.94. The molecule has 160 valence electrons. The lowest BCUT2D eigenvalue weighted by Gasteiger charge is -2.15. The first-order valence-electron chi connectivity index (χ1n) is 11.4. The van der Waals surface area contributed by atoms with Crippen LogP contribution in [0.15, 0.2) is 40.7 Å². The lowest BCUT2D eigenvalue weighted by Crippen LogP contribution is -2.14. The van der Waals surface area contributed by atoms with E-state index in [-0.39, 0.29) is 0 Å². The van der Waals surface area contributed by atoms with Crippen molar-refractivity contribution in [2.45, 2.75) is 58.3 Å². The van der Waals surface area contributed by atoms with Gasteiger partial charge in [-0.3, -0.25) is 0 Å². The molecule has 3 nitrogen and oxygen atoms in total. The van der Waals surface area contributed by atoms with Gasteiger partial charge in [-0.15, -0.1) is 11.3 Å². The topological polar surface area (TPSA) is 28.5 Å². The Morgan fingerprint density at radius 1 is 1.10 bits per heavy atom. The van der Waals surface area contributed by atoms with Gasteiger partial charge in [-0.2, -0.15) is 0 Å². The second-order valence-corrected chi connectivity index (χ2v) is 10.2. The van der Waals surface area contributed by atoms with Gasteiger partial charge >= 0.3 is 0 Å². The number of nitrogens with zero attached hydrogens (tertiary/aromatic N) is 3. The maximum absolute atomic E-state index is 5.01. The molecule has 0 amide bonds. The molecule has 1 aromatic heterocycles. The third-order valence-corrected chi connectivity index (χ3v) is 7.98. The van der Waals surface area contributed by atoms with Gasteiger partial charge in [0.25, 0.3) is 0 Å². The van der Waals surface area contributed by atoms with Gasteiger partial charge in [0.05, 0.1) is 22.7 Å². The van der Waals surface area contributed by atoms with Crippen LogP contribution in [0, 0.1) is 13.8 Å². The van der Waals surface area contributed by atoms with Gasteiger partial charge in [0.2, 0.25) is 0 Å². The standard InChI is InChI=1S/C27H31N3S/c1-5-30(4)16-28-25-11-17(2)22(10-18(25)3)14-27-29-26(15-31-27)21-8-9-23-19-6-7-20(12-19)24(23)13-21/h8-11,13,15-16,19-20H,5-7,12,14H2,1-4H3/b28-16+. The summed E-state index contributed by atoms with van der Waals surface area (Å²) in [5.74, 6) is 1.61. The normalized spacial score (nSPS) is 19.4. The fraction of sp³-hybridized carbons (Fsp3) is 0.407. The third-order valence-electron chi connectivity index (χ3n) is 7.14. The highest BCUT2D eigenvalue weighted by Gasteiger charge is 2.36. The van der Waals surface area contributed by atoms with E-state index in [0.29, 0.717) is 0 Å². The molecule has 2 aliphatic rings. The van der Waals surface area contributed by atoms with Crippen LogP contribution in [0.25, 0.3) is 11.3 Å². The summed E-state index contributed by atoms with van der Waals surface area (Å²) in [6, 6.07) is 11.6. The summed E-state index contributed by atoms with van der Waals surface area (Å²) in [4.78, 5) is 11.8. The summed E-state index contributed by atoms with van der Waals surface area (Å²) in [6.45, 7) is 7.41. The van der Waals surface area contributed by atoms with Crippen molar-refractivity contribution in [1.29, 1.82) is 0 Å². The first-order valence-corrected chi connectivity index (χ1v) is 12.3. The minimum Gasteiger partial charge on any atom is -0.366 e. The number of aliphatic imine (C=N–C) groups is 1. The number of hydrogen-bond acceptors (Lipinski definition) is 3. The number of hydrogen-bond donors (Lipinski definition) is 0. The molecule has 3 aromatic rings. The molecule has 0 aliphatic heterocycles. The molecule has 0 radical (unpaired) electrons. The summed E-state index contributed by atoms with van der Waals surface area (Å²) in [5, 5.41) is 3.41. The molecule has 4 heteroatoms. The lowest BCUT2D eigenvalue weighted by molar-refractivity contribution is 0.552. The molecular formula is C27H31N3S. The van der Waals surface area contributed by atoms with Crippen molar-refractivity contribution >= 4 is 23.4 Å². The Kier molecular flexibility index (Phi) is 5.43. The molecule has 0 spiro atoms. The Hall–Kier alpha value is -2.46. The molecule has 0 saturated heterocycles. The van der Waals surface area contributed by atoms with Crippen molar-refractivity contribution in [3.8, 4) is 11.3 Å². The van der Waals surface area contributed by atoms with E-state index < -0.39 is 0 Å². The van der Waals surface area contributed by atoms with Crippen LogP contribution in [-0.2, 0) is 6.42 Å². The van der Waals surface area contributed by atoms with Crippen LogP contribution >= 0.6 is 11.3 Å². The van der Waals surface area contributed by atoms with Crippen molar-refractivity contribution in [2.24, 2.45) is 4.99 Å². The molecule has 2 bridgehead atoms. The predicted molar refractivity (Wildman–Crippen MR) is 132 cm³/mol. The summed E-state index contributed by atoms with van der Waals surface area (Å²) in [6.07, 6.45) is 6.92. The summed E-state index contributed by atoms with van der Waals surface area (Å²) in [5.41, 5.74) is 10.5. The van der Waals surface area contributed by atoms with Crippen LogP contribution in [0.1, 0.15) is 70.8 Å². The van der Waals surface area contributed by atoms with Crippen molar-refractivity contribution in [3.63, 3.8) is 0 Å². The van der Waals surface area contributed by atoms with E-state index in [1.165, 1.54) is 46.5 Å². The zero-order chi connectivity index (χ0) is 21.5. The van der Waals surface area contributed by atoms with E-state index in [0.717, 1.165) is 36.2 Å². The highest BCUT2D eigenvalue weighted by Crippen LogP contribution is 2.53. The average molecular weight is 430 g/mol. The second kappa shape index (κ2) is 8.23. The minimum absolute atomic E-state index is 0.793. The van der Waals surface area contributed by atoms with Crippen LogP contribution in [0.3, 0.4) is 0 Å². The van der Waals surface area contributed by atoms with Crippen molar-refractivity contribution in [1.82, 2.24) is 9.88 Å². The first-order chi connectivity index (χ1) is 15.0. The maximum Gasteiger partial charge on any atom is 0.0976 e. The number of benzene rings is 2. The van der Waals surface area contributed by atoms with E-state index in [1.807, 2.05) is 13.4 Å². The average Bonchev–Trinajstić information content (AvgIpc) is 3.51. The van der Waals surface area contributed by atoms with E-state index in [2.05, 4.69) is 66.4 Å². The summed E-state index contributed by atoms with van der Waals surface area (Å²) in [7, 11) is 2.05. The summed E-state index contributed by atoms with van der Waals surface area (Å²) < 4.78 is 0. The van der Waals surface area contributed by atoms with E-state index >= 15 is 0 Å². The Morgan fingerprint density at radius 3 is 2.71 bits per heavy atom. The zero-order valence-corrected chi connectivity index (χ0v) is 19.8. The Balaban J connectivity index is 1.35. The monoisotopic (exact) mass is 429 g/mol. The van der Waals surface area contributed by atoms with Gasteiger partial charge in [-0.05, 0) is 91.8 Å². The van der Waals surface area contributed by atoms with E-state index in [4.69, 9.17) is 4.98 Å². The predicted octanol–water partition coefficient (Wildman–Crippen LogP) is 6.99. The molecule has 1 saturated carbocycles. The molecule has 0 N–H and O–H groups in total. The van der Waals surface area contributed by atoms with Gasteiger partial charge in [0.15, 0.2) is 0 Å². The Bertz CT molecular complexity index is 1140. The molecule has 2 unspecified atom stereocenters. The van der Waals surface area contributed by atoms with Crippen molar-refractivity contribution in [3.05, 3.63) is 68.5 Å². The highest BCUT2D eigenvalue weighted by molar-refractivity contribution is 7.10. The fourth-order valence-electron chi connectivity index (χ4n) is 5.13. The van der Waals surface area contributed by atoms with E-state index in [9.17, 15) is 0 Å². The molecule has 2 aliphatic carbocycles. The smallest absolute Gasteiger partial charge is 0.0976 e. The van der Waals surface area contributed by atoms with Crippen LogP contribution < -0.4 is 0 Å². The largest absolute Gasteiger partial charge is 0.366 e. The van der Waals surface area contributed by atoms with Crippen molar-refractivity contribution in [2.75, 3.05) is 13.6 Å². The second-order valence-electron chi connectivity index (χ2n) is 9.24. The Labute approximate surface area is 189 Å². The van der Waals surface area contributed by atoms with Gasteiger partial charge in [-0.1, -0.05) is 18.2 Å². The molecule has 1 fully saturated rings. The van der Waals surface area contributed by atoms with Crippen LogP contribution in [0.5, 0.6) is 0 Å². The van der Waals surface area contributed by atoms with Crippen LogP contribution in [0.4, 0.5) is 5.69 Å². The number of fused-ring (bicyclic) bond motifs is 5. The number of aromatic nitrogens is 1. The quantitative estimate of drug-likeness (QED) is 0.312. The number of rotatable bonds is 6.